The highest BCUT2D eigenvalue weighted by molar-refractivity contribution is 9.10. The van der Waals surface area contributed by atoms with E-state index in [-0.39, 0.29) is 48.9 Å². The number of nitrogens with one attached hydrogen (secondary N) is 1. The van der Waals surface area contributed by atoms with Crippen molar-refractivity contribution in [3.63, 3.8) is 0 Å². The van der Waals surface area contributed by atoms with Crippen molar-refractivity contribution in [2.45, 2.75) is 23.3 Å². The van der Waals surface area contributed by atoms with Crippen LogP contribution in [0.4, 0.5) is 4.79 Å². The number of benzene rings is 3. The van der Waals surface area contributed by atoms with E-state index in [0.29, 0.717) is 16.9 Å². The minimum Gasteiger partial charge on any atom is -0.495 e. The minimum atomic E-state index is -3.82. The molecule has 1 aliphatic carbocycles. The molecule has 0 spiro atoms. The van der Waals surface area contributed by atoms with Crippen LogP contribution in [0.1, 0.15) is 29.5 Å². The maximum Gasteiger partial charge on any atom is 0.317 e. The van der Waals surface area contributed by atoms with Crippen molar-refractivity contribution >= 4 is 43.6 Å². The molecule has 38 heavy (non-hydrogen) atoms. The van der Waals surface area contributed by atoms with Gasteiger partial charge in [0.1, 0.15) is 10.6 Å². The van der Waals surface area contributed by atoms with Crippen molar-refractivity contribution in [2.24, 2.45) is 5.92 Å². The summed E-state index contributed by atoms with van der Waals surface area (Å²) in [5.74, 6) is 0.910. The first kappa shape index (κ1) is 27.0. The third-order valence-corrected chi connectivity index (χ3v) is 9.96. The van der Waals surface area contributed by atoms with Crippen molar-refractivity contribution in [1.82, 2.24) is 14.5 Å². The van der Waals surface area contributed by atoms with Crippen LogP contribution < -0.4 is 10.1 Å². The van der Waals surface area contributed by atoms with Gasteiger partial charge in [0.05, 0.1) is 13.2 Å². The summed E-state index contributed by atoms with van der Waals surface area (Å²) in [5.41, 5.74) is 2.34. The molecule has 200 valence electrons. The SMILES string of the molecule is COc1ccc(Cl)cc1S(=O)(=O)N1CCN(C(=O)NC(c2ccccc2)C2CC2c2ccc(Br)cc2)CC1. The van der Waals surface area contributed by atoms with Crippen LogP contribution in [-0.2, 0) is 10.0 Å². The predicted molar refractivity (Wildman–Crippen MR) is 151 cm³/mol. The van der Waals surface area contributed by atoms with Crippen LogP contribution in [0.2, 0.25) is 5.02 Å². The maximum atomic E-state index is 13.4. The van der Waals surface area contributed by atoms with E-state index in [4.69, 9.17) is 16.3 Å². The third kappa shape index (κ3) is 5.71. The van der Waals surface area contributed by atoms with E-state index in [2.05, 4.69) is 33.4 Å². The number of carbonyl (C=O) groups excluding carboxylic acids is 1. The summed E-state index contributed by atoms with van der Waals surface area (Å²) >= 11 is 9.56. The second-order valence-electron chi connectivity index (χ2n) is 9.58. The topological polar surface area (TPSA) is 79.0 Å². The first-order chi connectivity index (χ1) is 18.3. The normalized spacial score (nSPS) is 20.6. The first-order valence-electron chi connectivity index (χ1n) is 12.5. The van der Waals surface area contributed by atoms with Gasteiger partial charge >= 0.3 is 6.03 Å². The summed E-state index contributed by atoms with van der Waals surface area (Å²) in [6, 6.07) is 22.6. The van der Waals surface area contributed by atoms with Gasteiger partial charge < -0.3 is 15.0 Å². The number of sulfonamides is 1. The first-order valence-corrected chi connectivity index (χ1v) is 15.1. The lowest BCUT2D eigenvalue weighted by Crippen LogP contribution is -2.53. The molecule has 0 bridgehead atoms. The number of ether oxygens (including phenoxy) is 1. The number of amides is 2. The predicted octanol–water partition coefficient (Wildman–Crippen LogP) is 5.67. The van der Waals surface area contributed by atoms with Crippen molar-refractivity contribution in [1.29, 1.82) is 0 Å². The maximum absolute atomic E-state index is 13.4. The van der Waals surface area contributed by atoms with E-state index >= 15 is 0 Å². The standard InChI is InChI=1S/C28H29BrClN3O4S/c1-37-25-12-11-22(30)17-26(25)38(35,36)33-15-13-32(14-16-33)28(34)31-27(20-5-3-2-4-6-20)24-18-23(24)19-7-9-21(29)10-8-19/h2-12,17,23-24,27H,13-16,18H2,1H3,(H,31,34). The molecular weight excluding hydrogens is 590 g/mol. The van der Waals surface area contributed by atoms with Gasteiger partial charge in [0.15, 0.2) is 0 Å². The number of hydrogen-bond donors (Lipinski definition) is 1. The van der Waals surface area contributed by atoms with Crippen LogP contribution >= 0.6 is 27.5 Å². The van der Waals surface area contributed by atoms with Gasteiger partial charge in [0.2, 0.25) is 10.0 Å². The highest BCUT2D eigenvalue weighted by Crippen LogP contribution is 2.54. The molecule has 3 atom stereocenters. The zero-order valence-electron chi connectivity index (χ0n) is 20.9. The molecule has 1 heterocycles. The fourth-order valence-electron chi connectivity index (χ4n) is 5.12. The molecule has 10 heteroatoms. The molecule has 5 rings (SSSR count). The lowest BCUT2D eigenvalue weighted by Gasteiger charge is -2.35. The van der Waals surface area contributed by atoms with Gasteiger partial charge in [-0.25, -0.2) is 13.2 Å². The lowest BCUT2D eigenvalue weighted by atomic mass is 9.99. The van der Waals surface area contributed by atoms with E-state index in [1.807, 2.05) is 42.5 Å². The van der Waals surface area contributed by atoms with E-state index in [9.17, 15) is 13.2 Å². The molecule has 7 nitrogen and oxygen atoms in total. The smallest absolute Gasteiger partial charge is 0.317 e. The molecule has 1 saturated carbocycles. The molecule has 1 aliphatic heterocycles. The summed E-state index contributed by atoms with van der Waals surface area (Å²) in [4.78, 5) is 15.1. The molecule has 0 radical (unpaired) electrons. The molecule has 3 aromatic rings. The Morgan fingerprint density at radius 1 is 1.03 bits per heavy atom. The molecule has 3 aromatic carbocycles. The second-order valence-corrected chi connectivity index (χ2v) is 12.8. The summed E-state index contributed by atoms with van der Waals surface area (Å²) in [6.07, 6.45) is 0.995. The van der Waals surface area contributed by atoms with Crippen LogP contribution in [0.15, 0.2) is 82.2 Å². The van der Waals surface area contributed by atoms with Crippen LogP contribution in [0.3, 0.4) is 0 Å². The fraction of sp³-hybridized carbons (Fsp3) is 0.321. The van der Waals surface area contributed by atoms with Gasteiger partial charge in [-0.15, -0.1) is 0 Å². The molecule has 1 saturated heterocycles. The number of halogens is 2. The molecule has 2 aliphatic rings. The summed E-state index contributed by atoms with van der Waals surface area (Å²) in [5, 5.41) is 3.57. The van der Waals surface area contributed by atoms with Crippen molar-refractivity contribution in [2.75, 3.05) is 33.3 Å². The number of nitrogens with zero attached hydrogens (tertiary/aromatic N) is 2. The number of rotatable bonds is 7. The Hall–Kier alpha value is -2.59. The third-order valence-electron chi connectivity index (χ3n) is 7.27. The highest BCUT2D eigenvalue weighted by atomic mass is 79.9. The number of piperazine rings is 1. The van der Waals surface area contributed by atoms with Crippen LogP contribution in [-0.4, -0.2) is 56.9 Å². The van der Waals surface area contributed by atoms with E-state index in [1.54, 1.807) is 17.0 Å². The van der Waals surface area contributed by atoms with Crippen molar-refractivity contribution in [3.8, 4) is 5.75 Å². The summed E-state index contributed by atoms with van der Waals surface area (Å²) in [7, 11) is -2.40. The Balaban J connectivity index is 1.26. The molecule has 2 fully saturated rings. The van der Waals surface area contributed by atoms with Gasteiger partial charge in [-0.2, -0.15) is 4.31 Å². The van der Waals surface area contributed by atoms with Gasteiger partial charge in [0.25, 0.3) is 0 Å². The monoisotopic (exact) mass is 617 g/mol. The quantitative estimate of drug-likeness (QED) is 0.370. The lowest BCUT2D eigenvalue weighted by molar-refractivity contribution is 0.167. The summed E-state index contributed by atoms with van der Waals surface area (Å²) in [6.45, 7) is 0.950. The molecule has 3 unspecified atom stereocenters. The molecule has 2 amide bonds. The number of hydrogen-bond acceptors (Lipinski definition) is 4. The van der Waals surface area contributed by atoms with Gasteiger partial charge in [-0.1, -0.05) is 70.0 Å². The zero-order chi connectivity index (χ0) is 26.9. The second kappa shape index (κ2) is 11.3. The Kier molecular flexibility index (Phi) is 8.00. The zero-order valence-corrected chi connectivity index (χ0v) is 24.0. The van der Waals surface area contributed by atoms with E-state index in [1.165, 1.54) is 23.0 Å². The van der Waals surface area contributed by atoms with Crippen LogP contribution in [0.25, 0.3) is 0 Å². The average Bonchev–Trinajstić information content (AvgIpc) is 3.73. The number of methoxy groups -OCH3 is 1. The summed E-state index contributed by atoms with van der Waals surface area (Å²) < 4.78 is 34.3. The Morgan fingerprint density at radius 2 is 1.71 bits per heavy atom. The van der Waals surface area contributed by atoms with E-state index < -0.39 is 10.0 Å². The average molecular weight is 619 g/mol. The van der Waals surface area contributed by atoms with Crippen molar-refractivity contribution in [3.05, 3.63) is 93.4 Å². The Labute approximate surface area is 236 Å². The number of urea groups is 1. The molecule has 0 aromatic heterocycles. The van der Waals surface area contributed by atoms with Crippen molar-refractivity contribution < 1.29 is 17.9 Å². The Morgan fingerprint density at radius 3 is 2.37 bits per heavy atom. The van der Waals surface area contributed by atoms with Gasteiger partial charge in [0, 0.05) is 35.7 Å². The molecule has 1 N–H and O–H groups in total. The highest BCUT2D eigenvalue weighted by Gasteiger charge is 2.45. The molecular formula is C28H29BrClN3O4S. The van der Waals surface area contributed by atoms with Gasteiger partial charge in [-0.3, -0.25) is 0 Å². The minimum absolute atomic E-state index is 0.0299. The van der Waals surface area contributed by atoms with Crippen LogP contribution in [0, 0.1) is 5.92 Å². The Bertz CT molecular complexity index is 1400. The van der Waals surface area contributed by atoms with Crippen LogP contribution in [0.5, 0.6) is 5.75 Å². The largest absolute Gasteiger partial charge is 0.495 e. The van der Waals surface area contributed by atoms with Gasteiger partial charge in [-0.05, 0) is 59.7 Å². The fourth-order valence-corrected chi connectivity index (χ4v) is 7.23. The van der Waals surface area contributed by atoms with E-state index in [0.717, 1.165) is 16.5 Å². The number of carbonyl (C=O) groups is 1.